The average molecular weight is 483 g/mol. The van der Waals surface area contributed by atoms with Crippen LogP contribution in [0.15, 0.2) is 12.2 Å². The lowest BCUT2D eigenvalue weighted by molar-refractivity contribution is -0.825. The van der Waals surface area contributed by atoms with Gasteiger partial charge < -0.3 is 25.2 Å². The first-order chi connectivity index (χ1) is 16.0. The number of amides is 3. The van der Waals surface area contributed by atoms with E-state index in [9.17, 15) is 24.3 Å². The Bertz CT molecular complexity index is 762. The number of hydrogen-bond donors (Lipinski definition) is 4. The van der Waals surface area contributed by atoms with Crippen LogP contribution in [0.5, 0.6) is 0 Å². The van der Waals surface area contributed by atoms with Crippen LogP contribution in [0.1, 0.15) is 72.1 Å². The van der Waals surface area contributed by atoms with E-state index >= 15 is 0 Å². The molecule has 5 unspecified atom stereocenters. The predicted molar refractivity (Wildman–Crippen MR) is 124 cm³/mol. The molecule has 0 spiro atoms. The Morgan fingerprint density at radius 1 is 1.12 bits per heavy atom. The van der Waals surface area contributed by atoms with Crippen molar-refractivity contribution < 1.29 is 38.7 Å². The number of methoxy groups -OCH3 is 1. The van der Waals surface area contributed by atoms with E-state index < -0.39 is 47.8 Å². The van der Waals surface area contributed by atoms with Gasteiger partial charge in [-0.3, -0.25) is 9.69 Å². The Morgan fingerprint density at radius 2 is 1.82 bits per heavy atom. The van der Waals surface area contributed by atoms with Crippen molar-refractivity contribution in [2.75, 3.05) is 13.7 Å². The fourth-order valence-corrected chi connectivity index (χ4v) is 4.32. The summed E-state index contributed by atoms with van der Waals surface area (Å²) in [6, 6.07) is -2.58. The fraction of sp³-hybridized carbons (Fsp3) is 0.750. The second-order valence-corrected chi connectivity index (χ2v) is 10.0. The first kappa shape index (κ1) is 27.8. The number of ether oxygens (including phenoxy) is 2. The Hall–Kier alpha value is -2.46. The van der Waals surface area contributed by atoms with Crippen LogP contribution in [-0.2, 0) is 23.9 Å². The Morgan fingerprint density at radius 3 is 2.50 bits per heavy atom. The molecular weight excluding hydrogens is 442 g/mol. The molecule has 0 radical (unpaired) electrons. The number of aliphatic hydroxyl groups is 1. The number of hydrogen-bond acceptors (Lipinski definition) is 7. The van der Waals surface area contributed by atoms with Gasteiger partial charge in [-0.2, -0.15) is 0 Å². The highest BCUT2D eigenvalue weighted by atomic mass is 16.6. The third-order valence-corrected chi connectivity index (χ3v) is 5.98. The molecule has 192 valence electrons. The van der Waals surface area contributed by atoms with Gasteiger partial charge in [0.1, 0.15) is 30.3 Å². The Kier molecular flexibility index (Phi) is 10.5. The summed E-state index contributed by atoms with van der Waals surface area (Å²) in [6.45, 7) is 5.26. The first-order valence-corrected chi connectivity index (χ1v) is 12.1. The molecule has 4 N–H and O–H groups in total. The van der Waals surface area contributed by atoms with Crippen molar-refractivity contribution in [3.63, 3.8) is 0 Å². The number of quaternary nitrogens is 1. The summed E-state index contributed by atoms with van der Waals surface area (Å²) in [6.07, 6.45) is 7.32. The maximum absolute atomic E-state index is 13.5. The topological polar surface area (TPSA) is 135 Å². The van der Waals surface area contributed by atoms with Crippen LogP contribution >= 0.6 is 0 Å². The minimum absolute atomic E-state index is 0.0506. The standard InChI is InChI=1S/C24H39N3O7/c1-24(2,3)34-23(32)26-17-12-10-8-6-5-7-9-11-13-18(22(31)33-4)25-20(29)19-14-16(28)15-27(19)21(17)30/h7,9,16-19,28H,5-6,8,10-15H2,1-4H3,(H,25,29)(H,26,32)/p+1. The third kappa shape index (κ3) is 8.72. The summed E-state index contributed by atoms with van der Waals surface area (Å²) in [5.41, 5.74) is -0.722. The Balaban J connectivity index is 2.26. The highest BCUT2D eigenvalue weighted by Crippen LogP contribution is 2.12. The van der Waals surface area contributed by atoms with Gasteiger partial charge in [-0.1, -0.05) is 25.0 Å². The van der Waals surface area contributed by atoms with E-state index in [-0.39, 0.29) is 23.8 Å². The smallest absolute Gasteiger partial charge is 0.408 e. The van der Waals surface area contributed by atoms with Crippen LogP contribution < -0.4 is 15.5 Å². The summed E-state index contributed by atoms with van der Waals surface area (Å²) in [5, 5.41) is 15.6. The van der Waals surface area contributed by atoms with Gasteiger partial charge in [0.05, 0.1) is 7.11 Å². The van der Waals surface area contributed by atoms with Crippen LogP contribution in [-0.4, -0.2) is 72.5 Å². The lowest BCUT2D eigenvalue weighted by Gasteiger charge is -2.26. The van der Waals surface area contributed by atoms with Crippen molar-refractivity contribution in [3.05, 3.63) is 12.2 Å². The fourth-order valence-electron chi connectivity index (χ4n) is 4.32. The second-order valence-electron chi connectivity index (χ2n) is 10.0. The lowest BCUT2D eigenvalue weighted by atomic mass is 10.0. The van der Waals surface area contributed by atoms with Crippen molar-refractivity contribution in [2.24, 2.45) is 0 Å². The van der Waals surface area contributed by atoms with Crippen LogP contribution in [0.3, 0.4) is 0 Å². The van der Waals surface area contributed by atoms with Crippen molar-refractivity contribution >= 4 is 23.9 Å². The molecule has 2 rings (SSSR count). The van der Waals surface area contributed by atoms with Gasteiger partial charge in [0.15, 0.2) is 6.04 Å². The summed E-state index contributed by atoms with van der Waals surface area (Å²) >= 11 is 0. The van der Waals surface area contributed by atoms with E-state index in [0.29, 0.717) is 19.3 Å². The zero-order chi connectivity index (χ0) is 25.3. The number of carbonyl (C=O) groups excluding carboxylic acids is 4. The zero-order valence-electron chi connectivity index (χ0n) is 20.7. The molecule has 0 aromatic heterocycles. The lowest BCUT2D eigenvalue weighted by Crippen LogP contribution is -3.19. The number of rotatable bonds is 2. The van der Waals surface area contributed by atoms with Gasteiger partial charge in [0, 0.05) is 6.42 Å². The summed E-state index contributed by atoms with van der Waals surface area (Å²) in [7, 11) is 1.26. The van der Waals surface area contributed by atoms with E-state index in [1.165, 1.54) is 7.11 Å². The molecule has 10 nitrogen and oxygen atoms in total. The normalized spacial score (nSPS) is 29.6. The highest BCUT2D eigenvalue weighted by Gasteiger charge is 2.47. The van der Waals surface area contributed by atoms with E-state index in [4.69, 9.17) is 9.47 Å². The molecule has 1 fully saturated rings. The minimum Gasteiger partial charge on any atom is -0.467 e. The van der Waals surface area contributed by atoms with Crippen molar-refractivity contribution in [3.8, 4) is 0 Å². The number of alkyl carbamates (subject to hydrolysis) is 1. The molecule has 3 amide bonds. The molecule has 0 saturated carbocycles. The molecule has 2 heterocycles. The quantitative estimate of drug-likeness (QED) is 0.330. The van der Waals surface area contributed by atoms with Gasteiger partial charge in [-0.15, -0.1) is 0 Å². The third-order valence-electron chi connectivity index (χ3n) is 5.98. The summed E-state index contributed by atoms with van der Waals surface area (Å²) in [5.74, 6) is -1.43. The first-order valence-electron chi connectivity index (χ1n) is 12.1. The number of allylic oxidation sites excluding steroid dienone is 2. The van der Waals surface area contributed by atoms with Gasteiger partial charge in [-0.05, 0) is 52.9 Å². The number of carbonyl (C=O) groups is 4. The van der Waals surface area contributed by atoms with E-state index in [1.54, 1.807) is 20.8 Å². The number of esters is 1. The van der Waals surface area contributed by atoms with E-state index in [1.807, 2.05) is 12.2 Å². The molecule has 0 aliphatic carbocycles. The Labute approximate surface area is 201 Å². The number of nitrogens with one attached hydrogen (secondary N) is 3. The monoisotopic (exact) mass is 482 g/mol. The highest BCUT2D eigenvalue weighted by molar-refractivity contribution is 5.88. The maximum atomic E-state index is 13.5. The van der Waals surface area contributed by atoms with Crippen molar-refractivity contribution in [2.45, 2.75) is 102 Å². The molecule has 2 aliphatic heterocycles. The van der Waals surface area contributed by atoms with Gasteiger partial charge in [0.2, 0.25) is 0 Å². The van der Waals surface area contributed by atoms with E-state index in [0.717, 1.165) is 25.7 Å². The number of aliphatic hydroxyl groups excluding tert-OH is 1. The average Bonchev–Trinajstić information content (AvgIpc) is 3.15. The summed E-state index contributed by atoms with van der Waals surface area (Å²) in [4.78, 5) is 51.5. The maximum Gasteiger partial charge on any atom is 0.408 e. The molecule has 10 heteroatoms. The molecule has 0 bridgehead atoms. The van der Waals surface area contributed by atoms with Crippen LogP contribution in [0.4, 0.5) is 4.79 Å². The van der Waals surface area contributed by atoms with Gasteiger partial charge in [0.25, 0.3) is 5.91 Å². The van der Waals surface area contributed by atoms with Crippen molar-refractivity contribution in [1.82, 2.24) is 10.6 Å². The molecule has 2 aliphatic rings. The molecule has 0 aromatic rings. The van der Waals surface area contributed by atoms with Gasteiger partial charge >= 0.3 is 18.0 Å². The minimum atomic E-state index is -0.874. The van der Waals surface area contributed by atoms with Gasteiger partial charge in [-0.25, -0.2) is 14.4 Å². The zero-order valence-corrected chi connectivity index (χ0v) is 20.7. The van der Waals surface area contributed by atoms with E-state index in [2.05, 4.69) is 10.6 Å². The van der Waals surface area contributed by atoms with Crippen molar-refractivity contribution in [1.29, 1.82) is 0 Å². The molecule has 0 aromatic carbocycles. The van der Waals surface area contributed by atoms with Crippen LogP contribution in [0.2, 0.25) is 0 Å². The molecule has 5 atom stereocenters. The predicted octanol–water partition coefficient (Wildman–Crippen LogP) is 0.383. The largest absolute Gasteiger partial charge is 0.467 e. The van der Waals surface area contributed by atoms with Crippen LogP contribution in [0, 0.1) is 0 Å². The molecule has 34 heavy (non-hydrogen) atoms. The van der Waals surface area contributed by atoms with Crippen LogP contribution in [0.25, 0.3) is 0 Å². The number of fused-ring (bicyclic) bond motifs is 1. The molecular formula is C24H40N3O7+. The molecule has 1 saturated heterocycles. The second kappa shape index (κ2) is 12.9. The SMILES string of the molecule is COC(=O)C1CCC=CCCCCCC(NC(=O)OC(C)(C)C)C(=O)[NH+]2CC(O)CC2C(=O)N1. The summed E-state index contributed by atoms with van der Waals surface area (Å²) < 4.78 is 10.2.